The van der Waals surface area contributed by atoms with Crippen molar-refractivity contribution in [2.24, 2.45) is 29.6 Å². The molecule has 0 spiro atoms. The van der Waals surface area contributed by atoms with Gasteiger partial charge in [0.2, 0.25) is 0 Å². The Morgan fingerprint density at radius 3 is 2.68 bits per heavy atom. The van der Waals surface area contributed by atoms with Gasteiger partial charge in [0.1, 0.15) is 5.60 Å². The first kappa shape index (κ1) is 13.2. The van der Waals surface area contributed by atoms with Crippen molar-refractivity contribution >= 4 is 5.97 Å². The maximum atomic E-state index is 12.0. The molecule has 0 saturated heterocycles. The standard InChI is InChI=1S/C17H26O2/c1-5-11-6-12-8-15-14(12)9-13(7-11)17(15,4)19-16(18)10(2)3/h11-15H,2,5-9H2,1,3-4H3. The van der Waals surface area contributed by atoms with Crippen LogP contribution in [0.2, 0.25) is 0 Å². The van der Waals surface area contributed by atoms with E-state index in [1.54, 1.807) is 6.92 Å². The summed E-state index contributed by atoms with van der Waals surface area (Å²) in [6, 6.07) is 0. The monoisotopic (exact) mass is 262 g/mol. The Hall–Kier alpha value is -0.790. The smallest absolute Gasteiger partial charge is 0.333 e. The number of carbonyl (C=O) groups excluding carboxylic acids is 1. The van der Waals surface area contributed by atoms with Crippen molar-refractivity contribution in [3.8, 4) is 0 Å². The number of hydrogen-bond acceptors (Lipinski definition) is 2. The van der Waals surface area contributed by atoms with Crippen LogP contribution in [0.4, 0.5) is 0 Å². The highest BCUT2D eigenvalue weighted by Gasteiger charge is 2.63. The highest BCUT2D eigenvalue weighted by atomic mass is 16.6. The van der Waals surface area contributed by atoms with E-state index in [0.717, 1.165) is 17.8 Å². The van der Waals surface area contributed by atoms with Crippen molar-refractivity contribution in [3.63, 3.8) is 0 Å². The molecule has 0 radical (unpaired) electrons. The quantitative estimate of drug-likeness (QED) is 0.568. The molecular formula is C17H26O2. The Morgan fingerprint density at radius 2 is 2.05 bits per heavy atom. The molecule has 0 amide bonds. The van der Waals surface area contributed by atoms with E-state index in [-0.39, 0.29) is 11.6 Å². The minimum atomic E-state index is -0.217. The molecule has 3 saturated carbocycles. The van der Waals surface area contributed by atoms with E-state index in [4.69, 9.17) is 4.74 Å². The highest BCUT2D eigenvalue weighted by Crippen LogP contribution is 2.65. The van der Waals surface area contributed by atoms with Gasteiger partial charge < -0.3 is 4.74 Å². The summed E-state index contributed by atoms with van der Waals surface area (Å²) in [5.41, 5.74) is 0.314. The summed E-state index contributed by atoms with van der Waals surface area (Å²) < 4.78 is 5.93. The van der Waals surface area contributed by atoms with Gasteiger partial charge >= 0.3 is 5.97 Å². The van der Waals surface area contributed by atoms with Crippen molar-refractivity contribution in [3.05, 3.63) is 12.2 Å². The molecule has 106 valence electrons. The summed E-state index contributed by atoms with van der Waals surface area (Å²) in [4.78, 5) is 12.0. The van der Waals surface area contributed by atoms with Crippen molar-refractivity contribution in [1.82, 2.24) is 0 Å². The molecule has 0 heterocycles. The number of fused-ring (bicyclic) bond motifs is 1. The molecule has 3 aliphatic carbocycles. The van der Waals surface area contributed by atoms with Gasteiger partial charge in [-0.25, -0.2) is 4.79 Å². The molecule has 0 aromatic rings. The Bertz CT molecular complexity index is 413. The van der Waals surface area contributed by atoms with E-state index in [1.165, 1.54) is 32.1 Å². The second kappa shape index (κ2) is 4.36. The van der Waals surface area contributed by atoms with Crippen molar-refractivity contribution in [2.45, 2.75) is 58.5 Å². The van der Waals surface area contributed by atoms with E-state index in [1.807, 2.05) is 0 Å². The molecule has 6 unspecified atom stereocenters. The summed E-state index contributed by atoms with van der Waals surface area (Å²) in [5, 5.41) is 0. The number of esters is 1. The van der Waals surface area contributed by atoms with Gasteiger partial charge in [0.15, 0.2) is 0 Å². The van der Waals surface area contributed by atoms with Gasteiger partial charge in [-0.05, 0) is 63.2 Å². The van der Waals surface area contributed by atoms with Crippen LogP contribution in [-0.4, -0.2) is 11.6 Å². The van der Waals surface area contributed by atoms with Gasteiger partial charge in [-0.15, -0.1) is 0 Å². The molecule has 0 aliphatic heterocycles. The van der Waals surface area contributed by atoms with E-state index in [0.29, 0.717) is 17.4 Å². The molecule has 3 aliphatic rings. The summed E-state index contributed by atoms with van der Waals surface area (Å²) in [6.45, 7) is 9.97. The Morgan fingerprint density at radius 1 is 1.32 bits per heavy atom. The number of carbonyl (C=O) groups is 1. The first-order valence-electron chi connectivity index (χ1n) is 7.84. The maximum absolute atomic E-state index is 12.0. The Balaban J connectivity index is 1.82. The first-order valence-corrected chi connectivity index (χ1v) is 7.84. The molecule has 0 aromatic carbocycles. The highest BCUT2D eigenvalue weighted by molar-refractivity contribution is 5.87. The molecule has 2 nitrogen and oxygen atoms in total. The number of rotatable bonds is 3. The van der Waals surface area contributed by atoms with E-state index in [9.17, 15) is 4.79 Å². The zero-order valence-corrected chi connectivity index (χ0v) is 12.4. The summed E-state index contributed by atoms with van der Waals surface area (Å²) in [6.07, 6.45) is 6.50. The van der Waals surface area contributed by atoms with Crippen LogP contribution in [0, 0.1) is 29.6 Å². The zero-order chi connectivity index (χ0) is 13.8. The van der Waals surface area contributed by atoms with Crippen LogP contribution in [0.1, 0.15) is 52.9 Å². The topological polar surface area (TPSA) is 26.3 Å². The molecule has 2 bridgehead atoms. The molecule has 0 aromatic heterocycles. The van der Waals surface area contributed by atoms with Crippen molar-refractivity contribution in [1.29, 1.82) is 0 Å². The second-order valence-corrected chi connectivity index (χ2v) is 7.30. The van der Waals surface area contributed by atoms with Gasteiger partial charge in [0.05, 0.1) is 0 Å². The van der Waals surface area contributed by atoms with Crippen molar-refractivity contribution < 1.29 is 9.53 Å². The van der Waals surface area contributed by atoms with Crippen LogP contribution in [0.3, 0.4) is 0 Å². The maximum Gasteiger partial charge on any atom is 0.333 e. The van der Waals surface area contributed by atoms with Crippen LogP contribution in [-0.2, 0) is 9.53 Å². The normalized spacial score (nSPS) is 47.2. The Kier molecular flexibility index (Phi) is 3.03. The molecule has 2 heteroatoms. The lowest BCUT2D eigenvalue weighted by molar-refractivity contribution is -0.173. The third kappa shape index (κ3) is 1.86. The average Bonchev–Trinajstić information content (AvgIpc) is 2.45. The molecule has 0 N–H and O–H groups in total. The SMILES string of the molecule is C=C(C)C(=O)OC1(C)C2CC(CC)CC3CC1C3C2. The van der Waals surface area contributed by atoms with Crippen LogP contribution in [0.25, 0.3) is 0 Å². The molecule has 3 rings (SSSR count). The molecule has 6 atom stereocenters. The van der Waals surface area contributed by atoms with Gasteiger partial charge in [0.25, 0.3) is 0 Å². The molecule has 3 fully saturated rings. The fraction of sp³-hybridized carbons (Fsp3) is 0.824. The average molecular weight is 262 g/mol. The van der Waals surface area contributed by atoms with Gasteiger partial charge in [-0.3, -0.25) is 0 Å². The number of hydrogen-bond donors (Lipinski definition) is 0. The van der Waals surface area contributed by atoms with Gasteiger partial charge in [0, 0.05) is 11.5 Å². The van der Waals surface area contributed by atoms with Gasteiger partial charge in [-0.1, -0.05) is 19.9 Å². The summed E-state index contributed by atoms with van der Waals surface area (Å²) in [7, 11) is 0. The van der Waals surface area contributed by atoms with Crippen LogP contribution >= 0.6 is 0 Å². The van der Waals surface area contributed by atoms with Gasteiger partial charge in [-0.2, -0.15) is 0 Å². The Labute approximate surface area is 116 Å². The largest absolute Gasteiger partial charge is 0.455 e. The summed E-state index contributed by atoms with van der Waals surface area (Å²) in [5.74, 6) is 3.57. The van der Waals surface area contributed by atoms with E-state index < -0.39 is 0 Å². The van der Waals surface area contributed by atoms with Crippen LogP contribution in [0.5, 0.6) is 0 Å². The lowest BCUT2D eigenvalue weighted by Gasteiger charge is -2.50. The predicted octanol–water partition coefficient (Wildman–Crippen LogP) is 3.96. The lowest BCUT2D eigenvalue weighted by atomic mass is 9.59. The molecule has 19 heavy (non-hydrogen) atoms. The number of ether oxygens (including phenoxy) is 1. The third-order valence-electron chi connectivity index (χ3n) is 6.27. The lowest BCUT2D eigenvalue weighted by Crippen LogP contribution is -2.50. The van der Waals surface area contributed by atoms with Crippen LogP contribution < -0.4 is 0 Å². The summed E-state index contributed by atoms with van der Waals surface area (Å²) >= 11 is 0. The van der Waals surface area contributed by atoms with Crippen molar-refractivity contribution in [2.75, 3.05) is 0 Å². The van der Waals surface area contributed by atoms with E-state index in [2.05, 4.69) is 20.4 Å². The minimum Gasteiger partial charge on any atom is -0.455 e. The van der Waals surface area contributed by atoms with E-state index >= 15 is 0 Å². The molecular weight excluding hydrogens is 236 g/mol. The third-order valence-corrected chi connectivity index (χ3v) is 6.27. The minimum absolute atomic E-state index is 0.190. The fourth-order valence-corrected chi connectivity index (χ4v) is 5.00. The zero-order valence-electron chi connectivity index (χ0n) is 12.4. The first-order chi connectivity index (χ1) is 8.95. The predicted molar refractivity (Wildman–Crippen MR) is 75.5 cm³/mol. The van der Waals surface area contributed by atoms with Crippen LogP contribution in [0.15, 0.2) is 12.2 Å². The second-order valence-electron chi connectivity index (χ2n) is 7.30. The fourth-order valence-electron chi connectivity index (χ4n) is 5.00.